The molecule has 4 heterocycles. The van der Waals surface area contributed by atoms with Crippen LogP contribution in [0.2, 0.25) is 0 Å². The Hall–Kier alpha value is -2.27. The fourth-order valence-electron chi connectivity index (χ4n) is 4.89. The minimum Gasteiger partial charge on any atom is -0.332 e. The van der Waals surface area contributed by atoms with Crippen molar-refractivity contribution in [3.63, 3.8) is 0 Å². The zero-order valence-electron chi connectivity index (χ0n) is 14.5. The van der Waals surface area contributed by atoms with Gasteiger partial charge in [-0.3, -0.25) is 14.8 Å². The molecule has 0 spiro atoms. The van der Waals surface area contributed by atoms with Gasteiger partial charge < -0.3 is 4.90 Å². The molecule has 0 N–H and O–H groups in total. The molecule has 2 aromatic heterocycles. The Balaban J connectivity index is 1.35. The lowest BCUT2D eigenvalue weighted by Gasteiger charge is -2.39. The lowest BCUT2D eigenvalue weighted by atomic mass is 9.85. The fraction of sp³-hybridized carbons (Fsp3) is 0.381. The molecule has 2 unspecified atom stereocenters. The SMILES string of the molecule is O=C(c1cncs1)N1C2CCC1CC(Cc1cncc3ccccc13)C2. The number of benzene rings is 1. The van der Waals surface area contributed by atoms with Crippen LogP contribution < -0.4 is 0 Å². The molecule has 5 rings (SSSR count). The first kappa shape index (κ1) is 15.9. The van der Waals surface area contributed by atoms with E-state index in [0.29, 0.717) is 18.0 Å². The number of hydrogen-bond donors (Lipinski definition) is 0. The number of piperidine rings is 1. The number of carbonyl (C=O) groups is 1. The van der Waals surface area contributed by atoms with Gasteiger partial charge in [-0.05, 0) is 49.0 Å². The van der Waals surface area contributed by atoms with E-state index in [1.165, 1.54) is 27.7 Å². The van der Waals surface area contributed by atoms with Gasteiger partial charge >= 0.3 is 0 Å². The maximum Gasteiger partial charge on any atom is 0.266 e. The van der Waals surface area contributed by atoms with Crippen molar-refractivity contribution >= 4 is 28.0 Å². The van der Waals surface area contributed by atoms with Crippen LogP contribution in [0.5, 0.6) is 0 Å². The fourth-order valence-corrected chi connectivity index (χ4v) is 5.45. The second-order valence-corrected chi connectivity index (χ2v) is 8.41. The number of thiazole rings is 1. The number of nitrogens with zero attached hydrogens (tertiary/aromatic N) is 3. The van der Waals surface area contributed by atoms with E-state index in [-0.39, 0.29) is 5.91 Å². The Morgan fingerprint density at radius 1 is 1.08 bits per heavy atom. The van der Waals surface area contributed by atoms with Crippen molar-refractivity contribution in [1.29, 1.82) is 0 Å². The number of pyridine rings is 1. The first-order valence-electron chi connectivity index (χ1n) is 9.32. The van der Waals surface area contributed by atoms with Gasteiger partial charge in [0, 0.05) is 29.9 Å². The Kier molecular flexibility index (Phi) is 3.97. The highest BCUT2D eigenvalue weighted by Crippen LogP contribution is 2.41. The summed E-state index contributed by atoms with van der Waals surface area (Å²) in [5.41, 5.74) is 3.09. The highest BCUT2D eigenvalue weighted by molar-refractivity contribution is 7.11. The second kappa shape index (κ2) is 6.47. The summed E-state index contributed by atoms with van der Waals surface area (Å²) in [5.74, 6) is 0.816. The summed E-state index contributed by atoms with van der Waals surface area (Å²) in [6.45, 7) is 0. The summed E-state index contributed by atoms with van der Waals surface area (Å²) in [7, 11) is 0. The van der Waals surface area contributed by atoms with E-state index >= 15 is 0 Å². The minimum absolute atomic E-state index is 0.185. The van der Waals surface area contributed by atoms with Gasteiger partial charge in [0.1, 0.15) is 4.88 Å². The van der Waals surface area contributed by atoms with Crippen molar-refractivity contribution in [2.24, 2.45) is 5.92 Å². The molecule has 1 aromatic carbocycles. The van der Waals surface area contributed by atoms with Crippen molar-refractivity contribution in [3.05, 3.63) is 58.8 Å². The Labute approximate surface area is 156 Å². The van der Waals surface area contributed by atoms with Crippen LogP contribution in [-0.4, -0.2) is 32.9 Å². The summed E-state index contributed by atoms with van der Waals surface area (Å²) in [4.78, 5) is 24.3. The first-order valence-corrected chi connectivity index (χ1v) is 10.2. The predicted molar refractivity (Wildman–Crippen MR) is 103 cm³/mol. The maximum atomic E-state index is 12.8. The van der Waals surface area contributed by atoms with Crippen molar-refractivity contribution < 1.29 is 4.79 Å². The second-order valence-electron chi connectivity index (χ2n) is 7.52. The zero-order chi connectivity index (χ0) is 17.5. The van der Waals surface area contributed by atoms with Gasteiger partial charge in [-0.2, -0.15) is 0 Å². The summed E-state index contributed by atoms with van der Waals surface area (Å²) in [5, 5.41) is 2.53. The molecule has 2 saturated heterocycles. The van der Waals surface area contributed by atoms with Crippen LogP contribution in [0.1, 0.15) is 40.9 Å². The number of hydrogen-bond acceptors (Lipinski definition) is 4. The molecule has 2 atom stereocenters. The quantitative estimate of drug-likeness (QED) is 0.696. The van der Waals surface area contributed by atoms with Crippen LogP contribution in [0, 0.1) is 5.92 Å². The molecule has 132 valence electrons. The van der Waals surface area contributed by atoms with E-state index in [0.717, 1.165) is 37.0 Å². The molecule has 0 radical (unpaired) electrons. The van der Waals surface area contributed by atoms with Gasteiger partial charge in [0.05, 0.1) is 11.7 Å². The molecule has 2 bridgehead atoms. The van der Waals surface area contributed by atoms with E-state index in [9.17, 15) is 4.79 Å². The summed E-state index contributed by atoms with van der Waals surface area (Å²) < 4.78 is 0. The topological polar surface area (TPSA) is 46.1 Å². The van der Waals surface area contributed by atoms with Crippen molar-refractivity contribution in [3.8, 4) is 0 Å². The summed E-state index contributed by atoms with van der Waals surface area (Å²) in [6, 6.07) is 9.27. The monoisotopic (exact) mass is 363 g/mol. The third kappa shape index (κ3) is 2.71. The largest absolute Gasteiger partial charge is 0.332 e. The van der Waals surface area contributed by atoms with Crippen LogP contribution in [0.3, 0.4) is 0 Å². The lowest BCUT2D eigenvalue weighted by Crippen LogP contribution is -2.46. The third-order valence-corrected chi connectivity index (χ3v) is 6.73. The zero-order valence-corrected chi connectivity index (χ0v) is 15.4. The summed E-state index contributed by atoms with van der Waals surface area (Å²) >= 11 is 1.45. The number of fused-ring (bicyclic) bond motifs is 3. The van der Waals surface area contributed by atoms with Gasteiger partial charge in [0.2, 0.25) is 0 Å². The average Bonchev–Trinajstić information content (AvgIpc) is 3.29. The van der Waals surface area contributed by atoms with Gasteiger partial charge in [-0.25, -0.2) is 0 Å². The van der Waals surface area contributed by atoms with E-state index in [1.807, 2.05) is 12.4 Å². The molecule has 1 amide bonds. The Morgan fingerprint density at radius 2 is 1.88 bits per heavy atom. The average molecular weight is 363 g/mol. The highest BCUT2D eigenvalue weighted by atomic mass is 32.1. The maximum absolute atomic E-state index is 12.8. The van der Waals surface area contributed by atoms with E-state index < -0.39 is 0 Å². The molecular weight excluding hydrogens is 342 g/mol. The molecule has 2 aliphatic rings. The van der Waals surface area contributed by atoms with Gasteiger partial charge in [0.15, 0.2) is 0 Å². The number of aromatic nitrogens is 2. The predicted octanol–water partition coefficient (Wildman–Crippen LogP) is 4.32. The van der Waals surface area contributed by atoms with Gasteiger partial charge in [0.25, 0.3) is 5.91 Å². The van der Waals surface area contributed by atoms with E-state index in [2.05, 4.69) is 39.1 Å². The summed E-state index contributed by atoms with van der Waals surface area (Å²) in [6.07, 6.45) is 11.2. The first-order chi connectivity index (χ1) is 12.8. The van der Waals surface area contributed by atoms with Gasteiger partial charge in [-0.1, -0.05) is 24.3 Å². The number of carbonyl (C=O) groups excluding carboxylic acids is 1. The van der Waals surface area contributed by atoms with Crippen molar-refractivity contribution in [1.82, 2.24) is 14.9 Å². The van der Waals surface area contributed by atoms with Crippen LogP contribution in [0.4, 0.5) is 0 Å². The Morgan fingerprint density at radius 3 is 2.65 bits per heavy atom. The van der Waals surface area contributed by atoms with Crippen LogP contribution in [-0.2, 0) is 6.42 Å². The number of amides is 1. The number of rotatable bonds is 3. The highest BCUT2D eigenvalue weighted by Gasteiger charge is 2.43. The van der Waals surface area contributed by atoms with Crippen LogP contribution >= 0.6 is 11.3 Å². The third-order valence-electron chi connectivity index (χ3n) is 5.97. The van der Waals surface area contributed by atoms with E-state index in [4.69, 9.17) is 0 Å². The smallest absolute Gasteiger partial charge is 0.266 e. The normalized spacial score (nSPS) is 24.9. The molecule has 3 aromatic rings. The van der Waals surface area contributed by atoms with Gasteiger partial charge in [-0.15, -0.1) is 11.3 Å². The lowest BCUT2D eigenvalue weighted by molar-refractivity contribution is 0.0529. The molecule has 26 heavy (non-hydrogen) atoms. The van der Waals surface area contributed by atoms with Crippen molar-refractivity contribution in [2.45, 2.75) is 44.2 Å². The molecule has 0 saturated carbocycles. The molecule has 5 heteroatoms. The van der Waals surface area contributed by atoms with Crippen LogP contribution in [0.25, 0.3) is 10.8 Å². The van der Waals surface area contributed by atoms with Crippen molar-refractivity contribution in [2.75, 3.05) is 0 Å². The standard InChI is InChI=1S/C21H21N3OS/c25-21(20-12-23-13-26-20)24-17-5-6-18(24)9-14(8-17)7-16-11-22-10-15-3-1-2-4-19(15)16/h1-4,10-14,17-18H,5-9H2. The molecular formula is C21H21N3OS. The molecule has 4 nitrogen and oxygen atoms in total. The molecule has 2 aliphatic heterocycles. The van der Waals surface area contributed by atoms with Crippen LogP contribution in [0.15, 0.2) is 48.4 Å². The van der Waals surface area contributed by atoms with E-state index in [1.54, 1.807) is 11.7 Å². The minimum atomic E-state index is 0.185. The molecule has 2 fully saturated rings. The Bertz CT molecular complexity index is 920. The molecule has 0 aliphatic carbocycles.